The van der Waals surface area contributed by atoms with Crippen LogP contribution < -0.4 is 15.5 Å². The van der Waals surface area contributed by atoms with Crippen molar-refractivity contribution in [3.05, 3.63) is 83.3 Å². The van der Waals surface area contributed by atoms with E-state index in [4.69, 9.17) is 11.6 Å². The number of hydrogen-bond donors (Lipinski definition) is 2. The highest BCUT2D eigenvalue weighted by Crippen LogP contribution is 2.25. The number of anilines is 1. The smallest absolute Gasteiger partial charge is 0.254 e. The predicted molar refractivity (Wildman–Crippen MR) is 126 cm³/mol. The van der Waals surface area contributed by atoms with Gasteiger partial charge in [0.2, 0.25) is 0 Å². The van der Waals surface area contributed by atoms with Crippen molar-refractivity contribution in [1.29, 1.82) is 0 Å². The zero-order valence-electron chi connectivity index (χ0n) is 17.5. The van der Waals surface area contributed by atoms with Gasteiger partial charge < -0.3 is 15.5 Å². The third-order valence-corrected chi connectivity index (χ3v) is 5.91. The van der Waals surface area contributed by atoms with Crippen molar-refractivity contribution < 1.29 is 4.79 Å². The van der Waals surface area contributed by atoms with Crippen molar-refractivity contribution in [3.8, 4) is 11.1 Å². The lowest BCUT2D eigenvalue weighted by atomic mass is 10.1. The molecule has 2 aromatic carbocycles. The Morgan fingerprint density at radius 1 is 1.06 bits per heavy atom. The number of carbonyl (C=O) groups is 1. The molecule has 0 aliphatic carbocycles. The molecule has 8 heteroatoms. The summed E-state index contributed by atoms with van der Waals surface area (Å²) in [4.78, 5) is 19.7. The first-order chi connectivity index (χ1) is 15.7. The molecular weight excluding hydrogens is 424 g/mol. The van der Waals surface area contributed by atoms with Gasteiger partial charge in [-0.25, -0.2) is 9.50 Å². The van der Waals surface area contributed by atoms with E-state index in [0.29, 0.717) is 22.8 Å². The van der Waals surface area contributed by atoms with E-state index in [-0.39, 0.29) is 5.91 Å². The van der Waals surface area contributed by atoms with E-state index in [1.807, 2.05) is 36.4 Å². The second-order valence-corrected chi connectivity index (χ2v) is 8.16. The van der Waals surface area contributed by atoms with E-state index in [0.717, 1.165) is 42.9 Å². The maximum absolute atomic E-state index is 12.8. The molecule has 0 bridgehead atoms. The summed E-state index contributed by atoms with van der Waals surface area (Å²) in [5, 5.41) is 11.5. The number of halogens is 1. The molecular formula is C24H23ClN6O. The Morgan fingerprint density at radius 3 is 2.66 bits per heavy atom. The summed E-state index contributed by atoms with van der Waals surface area (Å²) in [6.45, 7) is 4.30. The fraction of sp³-hybridized carbons (Fsp3) is 0.208. The largest absolute Gasteiger partial charge is 0.369 e. The van der Waals surface area contributed by atoms with Crippen LogP contribution in [0.4, 0.5) is 5.69 Å². The second-order valence-electron chi connectivity index (χ2n) is 7.72. The maximum atomic E-state index is 12.8. The van der Waals surface area contributed by atoms with Crippen LogP contribution in [0.15, 0.2) is 67.1 Å². The lowest BCUT2D eigenvalue weighted by molar-refractivity contribution is 0.0950. The van der Waals surface area contributed by atoms with Crippen molar-refractivity contribution in [3.63, 3.8) is 0 Å². The normalized spacial score (nSPS) is 14.0. The fourth-order valence-electron chi connectivity index (χ4n) is 3.98. The summed E-state index contributed by atoms with van der Waals surface area (Å²) >= 11 is 5.99. The zero-order valence-corrected chi connectivity index (χ0v) is 18.2. The average Bonchev–Trinajstić information content (AvgIpc) is 3.27. The molecule has 1 amide bonds. The first-order valence-corrected chi connectivity index (χ1v) is 11.0. The van der Waals surface area contributed by atoms with Gasteiger partial charge in [-0.15, -0.1) is 0 Å². The molecule has 1 fully saturated rings. The summed E-state index contributed by atoms with van der Waals surface area (Å²) in [7, 11) is 0. The SMILES string of the molecule is O=C(NCc1ccccc1N1CCNCC1)c1cnc2c(-c3ccc(Cl)cc3)cnn2c1. The van der Waals surface area contributed by atoms with E-state index in [1.165, 1.54) is 5.69 Å². The van der Waals surface area contributed by atoms with Crippen LogP contribution in [0.25, 0.3) is 16.8 Å². The number of nitrogens with one attached hydrogen (secondary N) is 2. The summed E-state index contributed by atoms with van der Waals surface area (Å²) < 4.78 is 1.63. The quantitative estimate of drug-likeness (QED) is 0.491. The highest BCUT2D eigenvalue weighted by atomic mass is 35.5. The van der Waals surface area contributed by atoms with Crippen LogP contribution in [0.1, 0.15) is 15.9 Å². The van der Waals surface area contributed by atoms with E-state index < -0.39 is 0 Å². The lowest BCUT2D eigenvalue weighted by Gasteiger charge is -2.31. The topological polar surface area (TPSA) is 74.6 Å². The molecule has 3 heterocycles. The number of aromatic nitrogens is 3. The molecule has 7 nitrogen and oxygen atoms in total. The summed E-state index contributed by atoms with van der Waals surface area (Å²) in [5.74, 6) is -0.182. The van der Waals surface area contributed by atoms with Gasteiger partial charge in [-0.3, -0.25) is 4.79 Å². The van der Waals surface area contributed by atoms with Crippen LogP contribution >= 0.6 is 11.6 Å². The van der Waals surface area contributed by atoms with Crippen molar-refractivity contribution in [2.75, 3.05) is 31.1 Å². The average molecular weight is 447 g/mol. The predicted octanol–water partition coefficient (Wildman–Crippen LogP) is 3.39. The standard InChI is InChI=1S/C24H23ClN6O/c25-20-7-5-17(6-8-20)21-15-29-31-16-19(14-27-23(21)31)24(32)28-13-18-3-1-2-4-22(18)30-11-9-26-10-12-30/h1-8,14-16,26H,9-13H2,(H,28,32). The van der Waals surface area contributed by atoms with E-state index >= 15 is 0 Å². The third kappa shape index (κ3) is 4.17. The molecule has 32 heavy (non-hydrogen) atoms. The number of nitrogens with zero attached hydrogens (tertiary/aromatic N) is 4. The third-order valence-electron chi connectivity index (χ3n) is 5.66. The van der Waals surface area contributed by atoms with Gasteiger partial charge in [0.15, 0.2) is 5.65 Å². The fourth-order valence-corrected chi connectivity index (χ4v) is 4.10. The molecule has 0 atom stereocenters. The van der Waals surface area contributed by atoms with Crippen LogP contribution in [0.2, 0.25) is 5.02 Å². The molecule has 1 aliphatic heterocycles. The van der Waals surface area contributed by atoms with Gasteiger partial charge in [-0.1, -0.05) is 41.9 Å². The van der Waals surface area contributed by atoms with E-state index in [2.05, 4.69) is 37.7 Å². The van der Waals surface area contributed by atoms with Gasteiger partial charge in [0.05, 0.1) is 11.8 Å². The molecule has 162 valence electrons. The monoisotopic (exact) mass is 446 g/mol. The summed E-state index contributed by atoms with van der Waals surface area (Å²) in [6.07, 6.45) is 5.05. The minimum atomic E-state index is -0.182. The zero-order chi connectivity index (χ0) is 21.9. The molecule has 0 unspecified atom stereocenters. The van der Waals surface area contributed by atoms with Crippen LogP contribution in [-0.4, -0.2) is 46.7 Å². The maximum Gasteiger partial charge on any atom is 0.254 e. The molecule has 0 radical (unpaired) electrons. The summed E-state index contributed by atoms with van der Waals surface area (Å²) in [5.41, 5.74) is 5.27. The summed E-state index contributed by atoms with van der Waals surface area (Å²) in [6, 6.07) is 15.7. The van der Waals surface area contributed by atoms with Gasteiger partial charge >= 0.3 is 0 Å². The van der Waals surface area contributed by atoms with Crippen molar-refractivity contribution >= 4 is 28.8 Å². The van der Waals surface area contributed by atoms with Gasteiger partial charge in [0, 0.05) is 61.4 Å². The van der Waals surface area contributed by atoms with Crippen LogP contribution in [0, 0.1) is 0 Å². The Bertz CT molecular complexity index is 1250. The number of para-hydroxylation sites is 1. The number of rotatable bonds is 5. The van der Waals surface area contributed by atoms with Crippen molar-refractivity contribution in [2.24, 2.45) is 0 Å². The molecule has 1 saturated heterocycles. The number of carbonyl (C=O) groups excluding carboxylic acids is 1. The lowest BCUT2D eigenvalue weighted by Crippen LogP contribution is -2.44. The minimum absolute atomic E-state index is 0.182. The van der Waals surface area contributed by atoms with Gasteiger partial charge in [-0.2, -0.15) is 5.10 Å². The van der Waals surface area contributed by atoms with Crippen LogP contribution in [-0.2, 0) is 6.54 Å². The number of piperazine rings is 1. The van der Waals surface area contributed by atoms with Gasteiger partial charge in [0.25, 0.3) is 5.91 Å². The van der Waals surface area contributed by atoms with E-state index in [9.17, 15) is 4.79 Å². The highest BCUT2D eigenvalue weighted by molar-refractivity contribution is 6.30. The van der Waals surface area contributed by atoms with Gasteiger partial charge in [0.1, 0.15) is 0 Å². The van der Waals surface area contributed by atoms with Crippen molar-refractivity contribution in [1.82, 2.24) is 25.2 Å². The number of benzene rings is 2. The number of fused-ring (bicyclic) bond motifs is 1. The molecule has 5 rings (SSSR count). The van der Waals surface area contributed by atoms with Gasteiger partial charge in [-0.05, 0) is 29.3 Å². The second kappa shape index (κ2) is 8.98. The molecule has 4 aromatic rings. The Balaban J connectivity index is 1.32. The highest BCUT2D eigenvalue weighted by Gasteiger charge is 2.16. The molecule has 2 N–H and O–H groups in total. The Kier molecular flexibility index (Phi) is 5.75. The molecule has 1 aliphatic rings. The first-order valence-electron chi connectivity index (χ1n) is 10.6. The van der Waals surface area contributed by atoms with Crippen LogP contribution in [0.3, 0.4) is 0 Å². The van der Waals surface area contributed by atoms with Crippen LogP contribution in [0.5, 0.6) is 0 Å². The first kappa shape index (κ1) is 20.5. The Labute approximate surface area is 191 Å². The minimum Gasteiger partial charge on any atom is -0.369 e. The molecule has 0 spiro atoms. The van der Waals surface area contributed by atoms with E-state index in [1.54, 1.807) is 23.1 Å². The molecule has 2 aromatic heterocycles. The Morgan fingerprint density at radius 2 is 1.84 bits per heavy atom. The Hall–Kier alpha value is -3.42. The number of amides is 1. The molecule has 0 saturated carbocycles. The van der Waals surface area contributed by atoms with Crippen molar-refractivity contribution in [2.45, 2.75) is 6.54 Å². The number of hydrogen-bond acceptors (Lipinski definition) is 5.